The van der Waals surface area contributed by atoms with Gasteiger partial charge in [-0.05, 0) is 77.2 Å². The number of carbonyl (C=O) groups is 4. The van der Waals surface area contributed by atoms with Crippen molar-refractivity contribution in [3.63, 3.8) is 0 Å². The third-order valence-electron chi connectivity index (χ3n) is 12.0. The second kappa shape index (κ2) is 16.0. The highest BCUT2D eigenvalue weighted by molar-refractivity contribution is 7.91. The Bertz CT molecular complexity index is 2030. The zero-order valence-corrected chi connectivity index (χ0v) is 34.0. The molecule has 312 valence electrons. The van der Waals surface area contributed by atoms with Crippen molar-refractivity contribution < 1.29 is 50.6 Å². The Hall–Kier alpha value is -4.54. The maximum Gasteiger partial charge on any atom is 0.408 e. The number of sulfonamides is 1. The normalized spacial score (nSPS) is 29.5. The lowest BCUT2D eigenvalue weighted by molar-refractivity contribution is -0.142. The Balaban J connectivity index is 1.37. The molecule has 2 saturated carbocycles. The molecule has 0 bridgehead atoms. The van der Waals surface area contributed by atoms with Gasteiger partial charge in [-0.25, -0.2) is 27.0 Å². The van der Waals surface area contributed by atoms with E-state index in [9.17, 15) is 36.4 Å². The number of nitrogens with one attached hydrogen (secondary N) is 3. The minimum atomic E-state index is -4.05. The molecule has 4 amide bonds. The minimum Gasteiger partial charge on any atom is -0.494 e. The van der Waals surface area contributed by atoms with Crippen molar-refractivity contribution in [3.8, 4) is 11.6 Å². The molecule has 17 heteroatoms. The summed E-state index contributed by atoms with van der Waals surface area (Å²) < 4.78 is 72.1. The lowest BCUT2D eigenvalue weighted by Crippen LogP contribution is -2.59. The molecule has 3 N–H and O–H groups in total. The van der Waals surface area contributed by atoms with E-state index in [1.54, 1.807) is 19.1 Å². The molecule has 1 unspecified atom stereocenters. The van der Waals surface area contributed by atoms with E-state index in [0.717, 1.165) is 19.2 Å². The fraction of sp³-hybridized carbons (Fsp3) is 0.625. The van der Waals surface area contributed by atoms with Gasteiger partial charge in [0.05, 0.1) is 24.6 Å². The first kappa shape index (κ1) is 42.1. The van der Waals surface area contributed by atoms with Crippen molar-refractivity contribution in [2.75, 3.05) is 13.7 Å². The van der Waals surface area contributed by atoms with E-state index in [0.29, 0.717) is 49.7 Å². The van der Waals surface area contributed by atoms with Crippen molar-refractivity contribution >= 4 is 44.6 Å². The van der Waals surface area contributed by atoms with Gasteiger partial charge in [-0.3, -0.25) is 19.1 Å². The van der Waals surface area contributed by atoms with E-state index in [1.165, 1.54) is 18.2 Å². The number of rotatable bonds is 10. The predicted octanol–water partition coefficient (Wildman–Crippen LogP) is 5.01. The number of hydrogen-bond acceptors (Lipinski definition) is 10. The van der Waals surface area contributed by atoms with Gasteiger partial charge in [-0.15, -0.1) is 0 Å². The van der Waals surface area contributed by atoms with Gasteiger partial charge in [0, 0.05) is 23.1 Å². The number of alkyl carbamates (subject to hydrolysis) is 1. The molecule has 57 heavy (non-hydrogen) atoms. The first-order valence-corrected chi connectivity index (χ1v) is 21.0. The van der Waals surface area contributed by atoms with Crippen LogP contribution in [0.1, 0.15) is 86.0 Å². The van der Waals surface area contributed by atoms with Gasteiger partial charge in [0.15, 0.2) is 5.60 Å². The third kappa shape index (κ3) is 8.68. The summed E-state index contributed by atoms with van der Waals surface area (Å²) in [6.07, 6.45) is 3.23. The lowest BCUT2D eigenvalue weighted by Gasteiger charge is -2.34. The highest BCUT2D eigenvalue weighted by Crippen LogP contribution is 2.48. The Morgan fingerprint density at radius 3 is 2.49 bits per heavy atom. The zero-order valence-electron chi connectivity index (χ0n) is 33.2. The van der Waals surface area contributed by atoms with Crippen LogP contribution in [0.3, 0.4) is 0 Å². The predicted molar refractivity (Wildman–Crippen MR) is 206 cm³/mol. The Labute approximate surface area is 331 Å². The number of ether oxygens (including phenoxy) is 3. The average molecular weight is 818 g/mol. The number of nitrogens with zero attached hydrogens (tertiary/aromatic N) is 2. The first-order valence-electron chi connectivity index (χ1n) is 19.6. The summed E-state index contributed by atoms with van der Waals surface area (Å²) in [5.74, 6) is -2.47. The van der Waals surface area contributed by atoms with Crippen LogP contribution in [0.5, 0.6) is 11.6 Å². The standard InChI is InChI=1S/C40H53F2N5O9S/c1-7-24-18-23(2)12-8-9-13-25-20-40(25,36(50)46-57(52,53)39(5)16-17-39)45-32(48)29-19-26(55-33-28-15-11-10-14-27(28)30(54-6)21-43-33)22-47(29)34(49)31(24)44-37(51)56-38(3,4)35(41)42/h9-11,13-15,21,23-26,29,31,35H,7-8,12,16-20,22H2,1-6H3,(H,44,51)(H,45,48)(H,46,50)/b13-9-/t23-,24-,25-,26-,29+,31?,40-/m1/s1. The van der Waals surface area contributed by atoms with Crippen LogP contribution in [0.4, 0.5) is 13.6 Å². The van der Waals surface area contributed by atoms with Gasteiger partial charge in [-0.2, -0.15) is 0 Å². The number of pyridine rings is 1. The minimum absolute atomic E-state index is 0.0340. The van der Waals surface area contributed by atoms with E-state index in [1.807, 2.05) is 38.1 Å². The molecule has 3 fully saturated rings. The van der Waals surface area contributed by atoms with Gasteiger partial charge in [0.25, 0.3) is 12.3 Å². The number of allylic oxidation sites excluding steroid dienone is 1. The maximum absolute atomic E-state index is 14.9. The zero-order chi connectivity index (χ0) is 41.5. The molecule has 0 radical (unpaired) electrons. The summed E-state index contributed by atoms with van der Waals surface area (Å²) in [4.78, 5) is 62.4. The maximum atomic E-state index is 14.9. The van der Waals surface area contributed by atoms with Crippen LogP contribution in [0.15, 0.2) is 42.6 Å². The molecule has 0 spiro atoms. The van der Waals surface area contributed by atoms with E-state index >= 15 is 0 Å². The summed E-state index contributed by atoms with van der Waals surface area (Å²) in [7, 11) is -2.53. The Morgan fingerprint density at radius 1 is 1.14 bits per heavy atom. The van der Waals surface area contributed by atoms with Crippen LogP contribution < -0.4 is 24.8 Å². The Kier molecular flexibility index (Phi) is 11.8. The molecule has 1 aromatic carbocycles. The smallest absolute Gasteiger partial charge is 0.408 e. The molecule has 6 rings (SSSR count). The van der Waals surface area contributed by atoms with E-state index in [2.05, 4.69) is 20.3 Å². The van der Waals surface area contributed by atoms with Crippen LogP contribution in [0.2, 0.25) is 0 Å². The number of aromatic nitrogens is 1. The number of hydrogen-bond donors (Lipinski definition) is 3. The Morgan fingerprint density at radius 2 is 1.84 bits per heavy atom. The number of methoxy groups -OCH3 is 1. The first-order chi connectivity index (χ1) is 26.8. The van der Waals surface area contributed by atoms with Gasteiger partial charge in [-0.1, -0.05) is 50.6 Å². The molecular formula is C40H53F2N5O9S. The fourth-order valence-electron chi connectivity index (χ4n) is 7.81. The monoisotopic (exact) mass is 817 g/mol. The highest BCUT2D eigenvalue weighted by Gasteiger charge is 2.63. The number of amides is 4. The van der Waals surface area contributed by atoms with Crippen molar-refractivity contribution in [2.45, 2.75) is 126 Å². The molecule has 4 aliphatic rings. The van der Waals surface area contributed by atoms with E-state index in [-0.39, 0.29) is 31.2 Å². The molecule has 2 aliphatic heterocycles. The summed E-state index contributed by atoms with van der Waals surface area (Å²) in [5.41, 5.74) is -3.76. The van der Waals surface area contributed by atoms with Gasteiger partial charge < -0.3 is 29.7 Å². The summed E-state index contributed by atoms with van der Waals surface area (Å²) in [6, 6.07) is 4.73. The largest absolute Gasteiger partial charge is 0.494 e. The number of halogens is 2. The highest BCUT2D eigenvalue weighted by atomic mass is 32.2. The second-order valence-corrected chi connectivity index (χ2v) is 18.9. The van der Waals surface area contributed by atoms with Gasteiger partial charge in [0.1, 0.15) is 29.5 Å². The summed E-state index contributed by atoms with van der Waals surface area (Å²) in [5, 5.41) is 6.76. The molecule has 3 heterocycles. The average Bonchev–Trinajstić information content (AvgIpc) is 4.04. The van der Waals surface area contributed by atoms with Crippen molar-refractivity contribution in [3.05, 3.63) is 42.6 Å². The summed E-state index contributed by atoms with van der Waals surface area (Å²) >= 11 is 0. The number of benzene rings is 1. The van der Waals surface area contributed by atoms with Crippen molar-refractivity contribution in [2.24, 2.45) is 17.8 Å². The van der Waals surface area contributed by atoms with Crippen LogP contribution in [-0.4, -0.2) is 96.3 Å². The van der Waals surface area contributed by atoms with Crippen molar-refractivity contribution in [1.29, 1.82) is 0 Å². The summed E-state index contributed by atoms with van der Waals surface area (Å²) in [6.45, 7) is 7.41. The SMILES string of the molecule is CC[C@@H]1C[C@H](C)CC/C=C\[C@@H]2C[C@@]2(C(=O)NS(=O)(=O)C2(C)CC2)NC(=O)[C@@H]2C[C@@H](Oc3ncc(OC)c4ccccc34)CN2C(=O)C1NC(=O)OC(C)(C)C(F)F. The van der Waals surface area contributed by atoms with Crippen LogP contribution in [0, 0.1) is 17.8 Å². The fourth-order valence-corrected chi connectivity index (χ4v) is 9.12. The van der Waals surface area contributed by atoms with Crippen LogP contribution in [-0.2, 0) is 29.1 Å². The second-order valence-electron chi connectivity index (χ2n) is 16.7. The number of fused-ring (bicyclic) bond motifs is 3. The third-order valence-corrected chi connectivity index (χ3v) is 14.1. The molecule has 7 atom stereocenters. The van der Waals surface area contributed by atoms with Crippen molar-refractivity contribution in [1.82, 2.24) is 25.2 Å². The molecule has 1 saturated heterocycles. The number of carbonyl (C=O) groups excluding carboxylic acids is 4. The van der Waals surface area contributed by atoms with E-state index < -0.39 is 86.2 Å². The lowest BCUT2D eigenvalue weighted by atomic mass is 9.85. The molecule has 1 aromatic heterocycles. The quantitative estimate of drug-likeness (QED) is 0.276. The number of alkyl halides is 2. The van der Waals surface area contributed by atoms with E-state index in [4.69, 9.17) is 14.2 Å². The molecule has 2 aromatic rings. The molecule has 14 nitrogen and oxygen atoms in total. The van der Waals surface area contributed by atoms with Gasteiger partial charge in [0.2, 0.25) is 27.7 Å². The molecular weight excluding hydrogens is 765 g/mol. The van der Waals surface area contributed by atoms with Crippen LogP contribution in [0.25, 0.3) is 10.8 Å². The van der Waals surface area contributed by atoms with Gasteiger partial charge >= 0.3 is 6.09 Å². The van der Waals surface area contributed by atoms with Crippen LogP contribution >= 0.6 is 0 Å². The molecule has 2 aliphatic carbocycles. The topological polar surface area (TPSA) is 182 Å².